The highest BCUT2D eigenvalue weighted by Gasteiger charge is 2.44. The van der Waals surface area contributed by atoms with Crippen molar-refractivity contribution in [2.75, 3.05) is 30.2 Å². The zero-order valence-electron chi connectivity index (χ0n) is 22.8. The predicted molar refractivity (Wildman–Crippen MR) is 150 cm³/mol. The van der Waals surface area contributed by atoms with Crippen LogP contribution in [0.15, 0.2) is 66.7 Å². The van der Waals surface area contributed by atoms with Gasteiger partial charge in [-0.25, -0.2) is 9.18 Å². The molecule has 0 bridgehead atoms. The van der Waals surface area contributed by atoms with Crippen LogP contribution in [0.2, 0.25) is 0 Å². The molecule has 6 rings (SSSR count). The van der Waals surface area contributed by atoms with E-state index in [-0.39, 0.29) is 30.7 Å². The van der Waals surface area contributed by atoms with Crippen LogP contribution in [0.3, 0.4) is 0 Å². The number of hydrogen-bond donors (Lipinski definition) is 1. The maximum atomic E-state index is 13.2. The molecule has 3 aliphatic rings. The first-order chi connectivity index (χ1) is 20.0. The molecule has 3 unspecified atom stereocenters. The van der Waals surface area contributed by atoms with Crippen molar-refractivity contribution in [3.8, 4) is 11.8 Å². The van der Waals surface area contributed by atoms with Gasteiger partial charge >= 0.3 is 6.09 Å². The lowest BCUT2D eigenvalue weighted by Gasteiger charge is -2.41. The summed E-state index contributed by atoms with van der Waals surface area (Å²) in [5, 5.41) is 13.1. The lowest BCUT2D eigenvalue weighted by molar-refractivity contribution is 0.0320. The van der Waals surface area contributed by atoms with E-state index in [1.165, 1.54) is 18.6 Å². The molecule has 1 saturated heterocycles. The third-order valence-electron chi connectivity index (χ3n) is 8.08. The lowest BCUT2D eigenvalue weighted by atomic mass is 9.87. The Morgan fingerprint density at radius 3 is 2.59 bits per heavy atom. The first kappa shape index (κ1) is 27.1. The Labute approximate surface area is 238 Å². The fourth-order valence-electron chi connectivity index (χ4n) is 5.70. The second-order valence-electron chi connectivity index (χ2n) is 10.7. The predicted octanol–water partition coefficient (Wildman–Crippen LogP) is 6.61. The van der Waals surface area contributed by atoms with Crippen molar-refractivity contribution in [1.82, 2.24) is 0 Å². The first-order valence-corrected chi connectivity index (χ1v) is 14.0. The van der Waals surface area contributed by atoms with Crippen LogP contribution in [0.4, 0.5) is 20.6 Å². The van der Waals surface area contributed by atoms with Crippen LogP contribution in [-0.4, -0.2) is 38.2 Å². The van der Waals surface area contributed by atoms with E-state index in [4.69, 9.17) is 18.9 Å². The van der Waals surface area contributed by atoms with E-state index in [0.717, 1.165) is 29.7 Å². The van der Waals surface area contributed by atoms with Gasteiger partial charge in [0.25, 0.3) is 0 Å². The second kappa shape index (κ2) is 11.8. The summed E-state index contributed by atoms with van der Waals surface area (Å²) in [7, 11) is 0. The molecule has 9 heteroatoms. The van der Waals surface area contributed by atoms with Gasteiger partial charge in [0.15, 0.2) is 0 Å². The van der Waals surface area contributed by atoms with Gasteiger partial charge in [0.2, 0.25) is 0 Å². The average Bonchev–Trinajstić information content (AvgIpc) is 3.58. The molecule has 2 aliphatic heterocycles. The van der Waals surface area contributed by atoms with Gasteiger partial charge in [0.1, 0.15) is 37.2 Å². The zero-order valence-corrected chi connectivity index (χ0v) is 22.8. The zero-order chi connectivity index (χ0) is 28.3. The van der Waals surface area contributed by atoms with E-state index < -0.39 is 12.2 Å². The summed E-state index contributed by atoms with van der Waals surface area (Å²) in [6, 6.07) is 22.2. The number of anilines is 2. The summed E-state index contributed by atoms with van der Waals surface area (Å²) in [5.74, 6) is -0.00808. The van der Waals surface area contributed by atoms with Gasteiger partial charge in [-0.2, -0.15) is 5.26 Å². The minimum atomic E-state index is -0.601. The molecule has 3 aromatic rings. The molecule has 2 fully saturated rings. The van der Waals surface area contributed by atoms with E-state index in [0.29, 0.717) is 36.3 Å². The van der Waals surface area contributed by atoms with Crippen molar-refractivity contribution in [2.45, 2.75) is 56.4 Å². The van der Waals surface area contributed by atoms with E-state index >= 15 is 0 Å². The van der Waals surface area contributed by atoms with Gasteiger partial charge in [0, 0.05) is 17.4 Å². The number of nitrogens with one attached hydrogen (secondary N) is 1. The summed E-state index contributed by atoms with van der Waals surface area (Å²) in [6.07, 6.45) is 2.12. The fraction of sp³-hybridized carbons (Fsp3) is 0.375. The van der Waals surface area contributed by atoms with Crippen LogP contribution in [-0.2, 0) is 14.2 Å². The molecule has 0 aromatic heterocycles. The number of benzene rings is 3. The Morgan fingerprint density at radius 1 is 1.15 bits per heavy atom. The third kappa shape index (κ3) is 5.71. The van der Waals surface area contributed by atoms with Gasteiger partial charge in [-0.15, -0.1) is 0 Å². The number of ether oxygens (including phenoxy) is 4. The number of nitrogens with zero attached hydrogens (tertiary/aromatic N) is 2. The van der Waals surface area contributed by atoms with Gasteiger partial charge in [-0.1, -0.05) is 24.3 Å². The molecular formula is C32H32FN3O5. The Balaban J connectivity index is 1.17. The third-order valence-corrected chi connectivity index (χ3v) is 8.08. The maximum Gasteiger partial charge on any atom is 0.412 e. The van der Waals surface area contributed by atoms with E-state index in [2.05, 4.69) is 22.4 Å². The lowest BCUT2D eigenvalue weighted by Crippen LogP contribution is -2.41. The van der Waals surface area contributed by atoms with Crippen molar-refractivity contribution >= 4 is 17.5 Å². The Bertz CT molecular complexity index is 1410. The molecule has 1 aliphatic carbocycles. The number of rotatable bonds is 8. The molecule has 1 saturated carbocycles. The van der Waals surface area contributed by atoms with E-state index in [1.807, 2.05) is 36.4 Å². The van der Waals surface area contributed by atoms with Gasteiger partial charge < -0.3 is 23.8 Å². The quantitative estimate of drug-likeness (QED) is 0.333. The SMILES string of the molecule is C[C@@H](OC(=O)Nc1ccc(C2C(C#N)c3cc(OCC4COCO4)ccc3N2C2CCC2)cc1)c1ccc(F)cc1. The molecule has 8 nitrogen and oxygen atoms in total. The van der Waals surface area contributed by atoms with Gasteiger partial charge in [0.05, 0.1) is 24.6 Å². The number of carbonyl (C=O) groups is 1. The van der Waals surface area contributed by atoms with Crippen molar-refractivity contribution < 1.29 is 28.1 Å². The normalized spacial score (nSPS) is 22.4. The summed E-state index contributed by atoms with van der Waals surface area (Å²) < 4.78 is 35.4. The molecule has 3 aromatic carbocycles. The monoisotopic (exact) mass is 557 g/mol. The van der Waals surface area contributed by atoms with Crippen molar-refractivity contribution in [3.05, 3.63) is 89.2 Å². The standard InChI is InChI=1S/C32H32FN3O5/c1-20(21-5-9-23(33)10-6-21)41-32(37)35-24-11-7-22(8-12-24)31-29(16-34)28-15-26(39-18-27-17-38-19-40-27)13-14-30(28)36(31)25-3-2-4-25/h5-15,20,25,27,29,31H,2-4,17-19H2,1H3,(H,35,37)/t20-,27?,29?,31?/m1/s1. The minimum absolute atomic E-state index is 0.0928. The van der Waals surface area contributed by atoms with Crippen LogP contribution < -0.4 is 15.0 Å². The van der Waals surface area contributed by atoms with Crippen LogP contribution in [0.5, 0.6) is 5.75 Å². The first-order valence-electron chi connectivity index (χ1n) is 14.0. The summed E-state index contributed by atoms with van der Waals surface area (Å²) in [6.45, 7) is 2.93. The summed E-state index contributed by atoms with van der Waals surface area (Å²) in [4.78, 5) is 14.9. The summed E-state index contributed by atoms with van der Waals surface area (Å²) in [5.41, 5.74) is 4.31. The average molecular weight is 558 g/mol. The number of nitriles is 1. The Kier molecular flexibility index (Phi) is 7.77. The minimum Gasteiger partial charge on any atom is -0.491 e. The topological polar surface area (TPSA) is 93.0 Å². The van der Waals surface area contributed by atoms with Gasteiger partial charge in [-0.3, -0.25) is 5.32 Å². The number of carbonyl (C=O) groups excluding carboxylic acids is 1. The molecule has 2 heterocycles. The van der Waals surface area contributed by atoms with E-state index in [1.54, 1.807) is 19.1 Å². The summed E-state index contributed by atoms with van der Waals surface area (Å²) >= 11 is 0. The van der Waals surface area contributed by atoms with Crippen molar-refractivity contribution in [1.29, 1.82) is 5.26 Å². The molecule has 1 N–H and O–H groups in total. The smallest absolute Gasteiger partial charge is 0.412 e. The van der Waals surface area contributed by atoms with Crippen molar-refractivity contribution in [2.24, 2.45) is 0 Å². The second-order valence-corrected chi connectivity index (χ2v) is 10.7. The Morgan fingerprint density at radius 2 is 1.93 bits per heavy atom. The number of fused-ring (bicyclic) bond motifs is 1. The van der Waals surface area contributed by atoms with Crippen LogP contribution in [0.1, 0.15) is 60.9 Å². The highest BCUT2D eigenvalue weighted by Crippen LogP contribution is 2.53. The van der Waals surface area contributed by atoms with Crippen molar-refractivity contribution in [3.63, 3.8) is 0 Å². The number of halogens is 1. The fourth-order valence-corrected chi connectivity index (χ4v) is 5.70. The highest BCUT2D eigenvalue weighted by atomic mass is 19.1. The van der Waals surface area contributed by atoms with Gasteiger partial charge in [-0.05, 0) is 85.3 Å². The highest BCUT2D eigenvalue weighted by molar-refractivity contribution is 5.84. The molecular weight excluding hydrogens is 525 g/mol. The largest absolute Gasteiger partial charge is 0.491 e. The van der Waals surface area contributed by atoms with Crippen LogP contribution in [0, 0.1) is 17.1 Å². The van der Waals surface area contributed by atoms with Crippen LogP contribution in [0.25, 0.3) is 0 Å². The molecule has 0 spiro atoms. The molecule has 1 amide bonds. The number of hydrogen-bond acceptors (Lipinski definition) is 7. The maximum absolute atomic E-state index is 13.2. The molecule has 41 heavy (non-hydrogen) atoms. The van der Waals surface area contributed by atoms with Crippen LogP contribution >= 0.6 is 0 Å². The molecule has 0 radical (unpaired) electrons. The van der Waals surface area contributed by atoms with E-state index in [9.17, 15) is 14.4 Å². The molecule has 212 valence electrons. The molecule has 4 atom stereocenters. The Hall–Kier alpha value is -4.13. The number of amides is 1.